The Morgan fingerprint density at radius 2 is 1.14 bits per heavy atom. The van der Waals surface area contributed by atoms with Crippen molar-refractivity contribution in [3.05, 3.63) is 104 Å². The highest BCUT2D eigenvalue weighted by Crippen LogP contribution is 2.24. The Labute approximate surface area is 203 Å². The number of rotatable bonds is 11. The number of ether oxygens (including phenoxy) is 4. The third kappa shape index (κ3) is 7.71. The van der Waals surface area contributed by atoms with E-state index in [2.05, 4.69) is 13.2 Å². The minimum atomic E-state index is -0.522. The van der Waals surface area contributed by atoms with E-state index < -0.39 is 17.9 Å². The maximum atomic E-state index is 12.5. The van der Waals surface area contributed by atoms with E-state index in [0.29, 0.717) is 35.8 Å². The molecule has 0 bridgehead atoms. The monoisotopic (exact) mass is 472 g/mol. The summed E-state index contributed by atoms with van der Waals surface area (Å²) in [5, 5.41) is 0. The van der Waals surface area contributed by atoms with Gasteiger partial charge in [-0.3, -0.25) is 0 Å². The summed E-state index contributed by atoms with van der Waals surface area (Å²) in [4.78, 5) is 34.7. The quantitative estimate of drug-likeness (QED) is 0.165. The molecule has 3 rings (SSSR count). The average Bonchev–Trinajstić information content (AvgIpc) is 2.89. The second-order valence-corrected chi connectivity index (χ2v) is 7.16. The van der Waals surface area contributed by atoms with Crippen LogP contribution in [0.2, 0.25) is 0 Å². The van der Waals surface area contributed by atoms with Crippen molar-refractivity contribution in [1.29, 1.82) is 0 Å². The van der Waals surface area contributed by atoms with Crippen molar-refractivity contribution < 1.29 is 33.3 Å². The topological polar surface area (TPSA) is 88.1 Å². The Morgan fingerprint density at radius 3 is 1.74 bits per heavy atom. The Kier molecular flexibility index (Phi) is 8.96. The number of hydrogen-bond acceptors (Lipinski definition) is 7. The number of carbonyl (C=O) groups excluding carboxylic acids is 3. The molecular weight excluding hydrogens is 448 g/mol. The largest absolute Gasteiger partial charge is 0.493 e. The van der Waals surface area contributed by atoms with Crippen molar-refractivity contribution in [2.24, 2.45) is 0 Å². The fourth-order valence-electron chi connectivity index (χ4n) is 2.92. The van der Waals surface area contributed by atoms with Gasteiger partial charge in [0.15, 0.2) is 0 Å². The molecule has 0 heterocycles. The van der Waals surface area contributed by atoms with Gasteiger partial charge in [0.05, 0.1) is 18.8 Å². The highest BCUT2D eigenvalue weighted by atomic mass is 16.5. The molecule has 0 aliphatic rings. The van der Waals surface area contributed by atoms with Gasteiger partial charge in [0.1, 0.15) is 17.2 Å². The van der Waals surface area contributed by atoms with E-state index in [-0.39, 0.29) is 6.61 Å². The molecule has 0 aliphatic carbocycles. The van der Waals surface area contributed by atoms with Crippen molar-refractivity contribution in [2.75, 3.05) is 13.2 Å². The van der Waals surface area contributed by atoms with E-state index in [1.807, 2.05) is 24.3 Å². The Bertz CT molecular complexity index is 1180. The van der Waals surface area contributed by atoms with Gasteiger partial charge in [-0.15, -0.1) is 0 Å². The summed E-state index contributed by atoms with van der Waals surface area (Å²) < 4.78 is 20.9. The fourth-order valence-corrected chi connectivity index (χ4v) is 2.92. The molecule has 178 valence electrons. The maximum absolute atomic E-state index is 12.5. The van der Waals surface area contributed by atoms with Crippen LogP contribution in [0.5, 0.6) is 17.2 Å². The first-order valence-corrected chi connectivity index (χ1v) is 10.8. The van der Waals surface area contributed by atoms with E-state index >= 15 is 0 Å². The van der Waals surface area contributed by atoms with Crippen LogP contribution in [0, 0.1) is 0 Å². The van der Waals surface area contributed by atoms with E-state index in [1.165, 1.54) is 0 Å². The SMILES string of the molecule is C=CC(=O)OCCCOc1ccc(OC(=O)c2ccc(-c3ccc(OC(=O)C=C)cc3)cc2)cc1. The van der Waals surface area contributed by atoms with Gasteiger partial charge in [-0.2, -0.15) is 0 Å². The molecular formula is C28H24O7. The summed E-state index contributed by atoms with van der Waals surface area (Å²) in [5.74, 6) is -0.0598. The molecule has 0 saturated heterocycles. The first-order valence-electron chi connectivity index (χ1n) is 10.8. The molecule has 0 aliphatic heterocycles. The molecule has 0 amide bonds. The molecule has 0 fully saturated rings. The number of benzene rings is 3. The molecule has 7 heteroatoms. The van der Waals surface area contributed by atoms with Crippen LogP contribution in [-0.2, 0) is 14.3 Å². The van der Waals surface area contributed by atoms with E-state index in [0.717, 1.165) is 23.3 Å². The van der Waals surface area contributed by atoms with Gasteiger partial charge in [-0.05, 0) is 59.7 Å². The molecule has 7 nitrogen and oxygen atoms in total. The van der Waals surface area contributed by atoms with Gasteiger partial charge in [0.25, 0.3) is 0 Å². The van der Waals surface area contributed by atoms with Crippen LogP contribution in [0.15, 0.2) is 98.1 Å². The lowest BCUT2D eigenvalue weighted by Crippen LogP contribution is -2.08. The third-order valence-electron chi connectivity index (χ3n) is 4.70. The van der Waals surface area contributed by atoms with Gasteiger partial charge in [-0.25, -0.2) is 14.4 Å². The minimum absolute atomic E-state index is 0.246. The van der Waals surface area contributed by atoms with Crippen LogP contribution in [0.3, 0.4) is 0 Å². The van der Waals surface area contributed by atoms with E-state index in [1.54, 1.807) is 48.5 Å². The van der Waals surface area contributed by atoms with Gasteiger partial charge in [0, 0.05) is 18.6 Å². The summed E-state index contributed by atoms with van der Waals surface area (Å²) in [6.07, 6.45) is 2.75. The second-order valence-electron chi connectivity index (χ2n) is 7.16. The lowest BCUT2D eigenvalue weighted by atomic mass is 10.0. The smallest absolute Gasteiger partial charge is 0.343 e. The molecule has 3 aromatic carbocycles. The normalized spacial score (nSPS) is 10.1. The Balaban J connectivity index is 1.50. The second kappa shape index (κ2) is 12.6. The Hall–Kier alpha value is -4.65. The summed E-state index contributed by atoms with van der Waals surface area (Å²) in [6.45, 7) is 7.31. The summed E-state index contributed by atoms with van der Waals surface area (Å²) >= 11 is 0. The van der Waals surface area contributed by atoms with Crippen LogP contribution in [0.25, 0.3) is 11.1 Å². The number of carbonyl (C=O) groups is 3. The van der Waals surface area contributed by atoms with Crippen LogP contribution < -0.4 is 14.2 Å². The van der Waals surface area contributed by atoms with Crippen molar-refractivity contribution >= 4 is 17.9 Å². The zero-order valence-electron chi connectivity index (χ0n) is 19.0. The predicted molar refractivity (Wildman–Crippen MR) is 130 cm³/mol. The van der Waals surface area contributed by atoms with Gasteiger partial charge < -0.3 is 18.9 Å². The molecule has 0 aromatic heterocycles. The first-order chi connectivity index (χ1) is 17.0. The molecule has 0 spiro atoms. The first kappa shape index (κ1) is 25.0. The standard InChI is InChI=1S/C28H24O7/c1-3-26(29)33-19-5-18-32-23-14-16-25(17-15-23)35-28(31)22-8-6-20(7-9-22)21-10-12-24(13-11-21)34-27(30)4-2/h3-4,6-17H,1-2,5,18-19H2. The fraction of sp³-hybridized carbons (Fsp3) is 0.107. The lowest BCUT2D eigenvalue weighted by molar-refractivity contribution is -0.138. The average molecular weight is 472 g/mol. The highest BCUT2D eigenvalue weighted by molar-refractivity contribution is 5.91. The Morgan fingerprint density at radius 1 is 0.629 bits per heavy atom. The minimum Gasteiger partial charge on any atom is -0.493 e. The van der Waals surface area contributed by atoms with Crippen molar-refractivity contribution in [3.8, 4) is 28.4 Å². The predicted octanol–water partition coefficient (Wildman–Crippen LogP) is 5.16. The molecule has 3 aromatic rings. The number of hydrogen-bond donors (Lipinski definition) is 0. The summed E-state index contributed by atoms with van der Waals surface area (Å²) in [7, 11) is 0. The van der Waals surface area contributed by atoms with Crippen molar-refractivity contribution in [3.63, 3.8) is 0 Å². The number of esters is 3. The molecule has 0 unspecified atom stereocenters. The van der Waals surface area contributed by atoms with Crippen LogP contribution in [0.4, 0.5) is 0 Å². The summed E-state index contributed by atoms with van der Waals surface area (Å²) in [6, 6.07) is 20.6. The molecule has 0 N–H and O–H groups in total. The molecule has 0 atom stereocenters. The van der Waals surface area contributed by atoms with Gasteiger partial charge in [0.2, 0.25) is 0 Å². The van der Waals surface area contributed by atoms with Crippen LogP contribution in [0.1, 0.15) is 16.8 Å². The maximum Gasteiger partial charge on any atom is 0.343 e. The van der Waals surface area contributed by atoms with Gasteiger partial charge >= 0.3 is 17.9 Å². The molecule has 35 heavy (non-hydrogen) atoms. The molecule has 0 saturated carbocycles. The van der Waals surface area contributed by atoms with E-state index in [9.17, 15) is 14.4 Å². The van der Waals surface area contributed by atoms with Crippen molar-refractivity contribution in [1.82, 2.24) is 0 Å². The highest BCUT2D eigenvalue weighted by Gasteiger charge is 2.10. The third-order valence-corrected chi connectivity index (χ3v) is 4.70. The van der Waals surface area contributed by atoms with Crippen LogP contribution >= 0.6 is 0 Å². The van der Waals surface area contributed by atoms with Crippen LogP contribution in [-0.4, -0.2) is 31.1 Å². The lowest BCUT2D eigenvalue weighted by Gasteiger charge is -2.09. The molecule has 0 radical (unpaired) electrons. The summed E-state index contributed by atoms with van der Waals surface area (Å²) in [5.41, 5.74) is 2.20. The van der Waals surface area contributed by atoms with E-state index in [4.69, 9.17) is 18.9 Å². The van der Waals surface area contributed by atoms with Gasteiger partial charge in [-0.1, -0.05) is 37.4 Å². The zero-order valence-corrected chi connectivity index (χ0v) is 19.0. The zero-order chi connectivity index (χ0) is 25.0. The van der Waals surface area contributed by atoms with Crippen molar-refractivity contribution in [2.45, 2.75) is 6.42 Å².